The van der Waals surface area contributed by atoms with E-state index in [0.717, 1.165) is 51.1 Å². The molecule has 4 nitrogen and oxygen atoms in total. The van der Waals surface area contributed by atoms with Crippen LogP contribution in [-0.2, 0) is 11.2 Å². The van der Waals surface area contributed by atoms with E-state index in [1.807, 2.05) is 11.0 Å². The number of hydrogen-bond acceptors (Lipinski definition) is 2. The van der Waals surface area contributed by atoms with Crippen LogP contribution in [0, 0.1) is 11.2 Å². The van der Waals surface area contributed by atoms with Crippen LogP contribution >= 0.6 is 0 Å². The highest BCUT2D eigenvalue weighted by Crippen LogP contribution is 2.39. The third-order valence-corrected chi connectivity index (χ3v) is 5.08. The predicted molar refractivity (Wildman–Crippen MR) is 86.8 cm³/mol. The highest BCUT2D eigenvalue weighted by Gasteiger charge is 2.38. The van der Waals surface area contributed by atoms with Crippen molar-refractivity contribution in [2.45, 2.75) is 32.1 Å². The molecule has 1 spiro atoms. The second kappa shape index (κ2) is 7.30. The molecule has 2 aliphatic rings. The standard InChI is InChI=1S/C18H25FN2O2/c19-16-4-1-3-15(13-16)5-9-20-17(22)21-10-2-6-18(14-21)7-11-23-12-8-18/h1,3-4,13H,2,5-12,14H2,(H,20,22). The number of urea groups is 1. The molecular formula is C18H25FN2O2. The number of carbonyl (C=O) groups is 1. The molecule has 2 fully saturated rings. The van der Waals surface area contributed by atoms with Gasteiger partial charge >= 0.3 is 6.03 Å². The van der Waals surface area contributed by atoms with Gasteiger partial charge in [0.2, 0.25) is 0 Å². The van der Waals surface area contributed by atoms with Crippen LogP contribution in [0.25, 0.3) is 0 Å². The Kier molecular flexibility index (Phi) is 5.16. The van der Waals surface area contributed by atoms with Crippen molar-refractivity contribution in [3.63, 3.8) is 0 Å². The largest absolute Gasteiger partial charge is 0.381 e. The zero-order valence-electron chi connectivity index (χ0n) is 13.5. The molecule has 5 heteroatoms. The fraction of sp³-hybridized carbons (Fsp3) is 0.611. The summed E-state index contributed by atoms with van der Waals surface area (Å²) in [5.41, 5.74) is 1.17. The van der Waals surface area contributed by atoms with Crippen LogP contribution in [0.4, 0.5) is 9.18 Å². The topological polar surface area (TPSA) is 41.6 Å². The number of ether oxygens (including phenoxy) is 1. The summed E-state index contributed by atoms with van der Waals surface area (Å²) >= 11 is 0. The molecule has 0 bridgehead atoms. The second-order valence-electron chi connectivity index (χ2n) is 6.75. The van der Waals surface area contributed by atoms with E-state index in [1.54, 1.807) is 6.07 Å². The van der Waals surface area contributed by atoms with Crippen LogP contribution in [0.1, 0.15) is 31.2 Å². The van der Waals surface area contributed by atoms with Gasteiger partial charge in [0.05, 0.1) is 0 Å². The second-order valence-corrected chi connectivity index (χ2v) is 6.75. The molecule has 2 amide bonds. The van der Waals surface area contributed by atoms with Crippen molar-refractivity contribution in [3.8, 4) is 0 Å². The summed E-state index contributed by atoms with van der Waals surface area (Å²) in [5, 5.41) is 2.98. The lowest BCUT2D eigenvalue weighted by Crippen LogP contribution is -2.51. The molecule has 23 heavy (non-hydrogen) atoms. The summed E-state index contributed by atoms with van der Waals surface area (Å²) in [6.07, 6.45) is 5.03. The Labute approximate surface area is 137 Å². The first-order chi connectivity index (χ1) is 11.2. The number of nitrogens with zero attached hydrogens (tertiary/aromatic N) is 1. The van der Waals surface area contributed by atoms with Gasteiger partial charge in [0.1, 0.15) is 5.82 Å². The summed E-state index contributed by atoms with van der Waals surface area (Å²) in [7, 11) is 0. The zero-order chi connectivity index (χ0) is 16.1. The highest BCUT2D eigenvalue weighted by atomic mass is 19.1. The number of amides is 2. The lowest BCUT2D eigenvalue weighted by molar-refractivity contribution is -0.0185. The molecular weight excluding hydrogens is 295 g/mol. The average Bonchev–Trinajstić information content (AvgIpc) is 2.55. The Morgan fingerprint density at radius 2 is 2.13 bits per heavy atom. The minimum Gasteiger partial charge on any atom is -0.381 e. The van der Waals surface area contributed by atoms with E-state index in [0.29, 0.717) is 13.0 Å². The monoisotopic (exact) mass is 320 g/mol. The van der Waals surface area contributed by atoms with Crippen LogP contribution in [0.5, 0.6) is 0 Å². The third-order valence-electron chi connectivity index (χ3n) is 5.08. The number of halogens is 1. The molecule has 2 aliphatic heterocycles. The van der Waals surface area contributed by atoms with Gasteiger partial charge in [-0.3, -0.25) is 0 Å². The van der Waals surface area contributed by atoms with Crippen molar-refractivity contribution in [2.24, 2.45) is 5.41 Å². The number of carbonyl (C=O) groups excluding carboxylic acids is 1. The van der Waals surface area contributed by atoms with E-state index >= 15 is 0 Å². The van der Waals surface area contributed by atoms with Crippen LogP contribution < -0.4 is 5.32 Å². The van der Waals surface area contributed by atoms with Gasteiger partial charge in [0.15, 0.2) is 0 Å². The number of benzene rings is 1. The number of piperidine rings is 1. The first kappa shape index (κ1) is 16.2. The average molecular weight is 320 g/mol. The molecule has 1 N–H and O–H groups in total. The van der Waals surface area contributed by atoms with Crippen molar-refractivity contribution in [1.82, 2.24) is 10.2 Å². The van der Waals surface area contributed by atoms with Crippen LogP contribution in [0.3, 0.4) is 0 Å². The van der Waals surface area contributed by atoms with Crippen molar-refractivity contribution in [2.75, 3.05) is 32.8 Å². The van der Waals surface area contributed by atoms with E-state index < -0.39 is 0 Å². The van der Waals surface area contributed by atoms with Gasteiger partial charge in [0.25, 0.3) is 0 Å². The van der Waals surface area contributed by atoms with Crippen molar-refractivity contribution in [1.29, 1.82) is 0 Å². The lowest BCUT2D eigenvalue weighted by atomic mass is 9.74. The molecule has 2 saturated heterocycles. The Morgan fingerprint density at radius 1 is 1.30 bits per heavy atom. The quantitative estimate of drug-likeness (QED) is 0.930. The Bertz CT molecular complexity index is 538. The fourth-order valence-electron chi connectivity index (χ4n) is 3.71. The first-order valence-electron chi connectivity index (χ1n) is 8.52. The lowest BCUT2D eigenvalue weighted by Gasteiger charge is -2.45. The van der Waals surface area contributed by atoms with Crippen LogP contribution in [0.15, 0.2) is 24.3 Å². The number of rotatable bonds is 3. The highest BCUT2D eigenvalue weighted by molar-refractivity contribution is 5.74. The summed E-state index contributed by atoms with van der Waals surface area (Å²) in [6.45, 7) is 3.83. The van der Waals surface area contributed by atoms with E-state index in [1.165, 1.54) is 18.6 Å². The molecule has 126 valence electrons. The minimum absolute atomic E-state index is 0.00645. The van der Waals surface area contributed by atoms with E-state index in [2.05, 4.69) is 5.32 Å². The Hall–Kier alpha value is -1.62. The van der Waals surface area contributed by atoms with E-state index in [4.69, 9.17) is 4.74 Å². The normalized spacial score (nSPS) is 20.5. The smallest absolute Gasteiger partial charge is 0.317 e. The summed E-state index contributed by atoms with van der Waals surface area (Å²) in [4.78, 5) is 14.3. The molecule has 0 radical (unpaired) electrons. The maximum Gasteiger partial charge on any atom is 0.317 e. The number of likely N-dealkylation sites (tertiary alicyclic amines) is 1. The molecule has 1 aromatic rings. The van der Waals surface area contributed by atoms with Crippen LogP contribution in [0.2, 0.25) is 0 Å². The van der Waals surface area contributed by atoms with Gasteiger partial charge in [-0.05, 0) is 55.2 Å². The first-order valence-corrected chi connectivity index (χ1v) is 8.52. The molecule has 0 aliphatic carbocycles. The van der Waals surface area contributed by atoms with E-state index in [9.17, 15) is 9.18 Å². The molecule has 0 unspecified atom stereocenters. The van der Waals surface area contributed by atoms with Crippen molar-refractivity contribution < 1.29 is 13.9 Å². The molecule has 2 heterocycles. The fourth-order valence-corrected chi connectivity index (χ4v) is 3.71. The van der Waals surface area contributed by atoms with Crippen LogP contribution in [-0.4, -0.2) is 43.8 Å². The number of nitrogens with one attached hydrogen (secondary N) is 1. The zero-order valence-corrected chi connectivity index (χ0v) is 13.5. The minimum atomic E-state index is -0.230. The van der Waals surface area contributed by atoms with Gasteiger partial charge in [-0.2, -0.15) is 0 Å². The molecule has 0 aromatic heterocycles. The van der Waals surface area contributed by atoms with Crippen molar-refractivity contribution in [3.05, 3.63) is 35.6 Å². The Balaban J connectivity index is 1.48. The SMILES string of the molecule is O=C(NCCc1cccc(F)c1)N1CCCC2(CCOCC2)C1. The Morgan fingerprint density at radius 3 is 2.91 bits per heavy atom. The van der Waals surface area contributed by atoms with Gasteiger partial charge in [-0.15, -0.1) is 0 Å². The van der Waals surface area contributed by atoms with Gasteiger partial charge < -0.3 is 15.0 Å². The van der Waals surface area contributed by atoms with Gasteiger partial charge in [-0.25, -0.2) is 9.18 Å². The molecule has 0 saturated carbocycles. The summed E-state index contributed by atoms with van der Waals surface area (Å²) in [6, 6.07) is 6.54. The van der Waals surface area contributed by atoms with Gasteiger partial charge in [-0.1, -0.05) is 12.1 Å². The van der Waals surface area contributed by atoms with Gasteiger partial charge in [0, 0.05) is 32.8 Å². The maximum atomic E-state index is 13.1. The summed E-state index contributed by atoms with van der Waals surface area (Å²) in [5.74, 6) is -0.230. The molecule has 0 atom stereocenters. The maximum absolute atomic E-state index is 13.1. The number of hydrogen-bond donors (Lipinski definition) is 1. The predicted octanol–water partition coefficient (Wildman–Crippen LogP) is 2.97. The van der Waals surface area contributed by atoms with Crippen molar-refractivity contribution >= 4 is 6.03 Å². The molecule has 3 rings (SSSR count). The summed E-state index contributed by atoms with van der Waals surface area (Å²) < 4.78 is 18.6. The molecule has 1 aromatic carbocycles. The van der Waals surface area contributed by atoms with E-state index in [-0.39, 0.29) is 17.3 Å². The third kappa shape index (κ3) is 4.22.